The average Bonchev–Trinajstić information content (AvgIpc) is 3.13. The average molecular weight is 302 g/mol. The van der Waals surface area contributed by atoms with Gasteiger partial charge < -0.3 is 14.4 Å². The summed E-state index contributed by atoms with van der Waals surface area (Å²) in [6.45, 7) is 4.18. The molecule has 3 aliphatic heterocycles. The zero-order valence-corrected chi connectivity index (χ0v) is 12.8. The fourth-order valence-electron chi connectivity index (χ4n) is 3.71. The van der Waals surface area contributed by atoms with Gasteiger partial charge in [-0.1, -0.05) is 0 Å². The minimum absolute atomic E-state index is 0.0479. The SMILES string of the molecule is O=C(c1ncn2c1CCC(C(=O)N1CCCC1)C2)N1CCC1. The van der Waals surface area contributed by atoms with Gasteiger partial charge in [0.25, 0.3) is 5.91 Å². The molecule has 1 atom stereocenters. The van der Waals surface area contributed by atoms with E-state index in [1.54, 1.807) is 6.33 Å². The molecule has 0 N–H and O–H groups in total. The van der Waals surface area contributed by atoms with Crippen LogP contribution in [0.15, 0.2) is 6.33 Å². The van der Waals surface area contributed by atoms with Crippen LogP contribution >= 0.6 is 0 Å². The lowest BCUT2D eigenvalue weighted by molar-refractivity contribution is -0.135. The third-order valence-electron chi connectivity index (χ3n) is 5.21. The molecule has 0 aromatic carbocycles. The van der Waals surface area contributed by atoms with Gasteiger partial charge in [0.2, 0.25) is 5.91 Å². The van der Waals surface area contributed by atoms with Crippen molar-refractivity contribution in [3.05, 3.63) is 17.7 Å². The third kappa shape index (κ3) is 2.21. The largest absolute Gasteiger partial charge is 0.342 e. The number of carbonyl (C=O) groups excluding carboxylic acids is 2. The molecular weight excluding hydrogens is 280 g/mol. The van der Waals surface area contributed by atoms with Crippen LogP contribution in [0.3, 0.4) is 0 Å². The van der Waals surface area contributed by atoms with Gasteiger partial charge in [-0.05, 0) is 32.1 Å². The van der Waals surface area contributed by atoms with Crippen molar-refractivity contribution in [2.75, 3.05) is 26.2 Å². The van der Waals surface area contributed by atoms with Crippen LogP contribution in [0.4, 0.5) is 0 Å². The van der Waals surface area contributed by atoms with E-state index in [9.17, 15) is 9.59 Å². The van der Waals surface area contributed by atoms with Crippen molar-refractivity contribution in [3.8, 4) is 0 Å². The summed E-state index contributed by atoms with van der Waals surface area (Å²) in [7, 11) is 0. The van der Waals surface area contributed by atoms with E-state index in [4.69, 9.17) is 0 Å². The molecule has 6 nitrogen and oxygen atoms in total. The van der Waals surface area contributed by atoms with E-state index in [1.807, 2.05) is 14.4 Å². The highest BCUT2D eigenvalue weighted by molar-refractivity contribution is 5.94. The summed E-state index contributed by atoms with van der Waals surface area (Å²) < 4.78 is 2.02. The Morgan fingerprint density at radius 3 is 2.45 bits per heavy atom. The fraction of sp³-hybridized carbons (Fsp3) is 0.688. The van der Waals surface area contributed by atoms with E-state index in [0.29, 0.717) is 12.2 Å². The summed E-state index contributed by atoms with van der Waals surface area (Å²) in [6.07, 6.45) is 6.70. The molecule has 2 fully saturated rings. The van der Waals surface area contributed by atoms with Crippen LogP contribution in [-0.4, -0.2) is 57.3 Å². The van der Waals surface area contributed by atoms with Crippen LogP contribution in [0.5, 0.6) is 0 Å². The van der Waals surface area contributed by atoms with Crippen molar-refractivity contribution >= 4 is 11.8 Å². The van der Waals surface area contributed by atoms with Gasteiger partial charge in [-0.25, -0.2) is 4.98 Å². The summed E-state index contributed by atoms with van der Waals surface area (Å²) in [5, 5.41) is 0. The van der Waals surface area contributed by atoms with Gasteiger partial charge in [0.1, 0.15) is 5.69 Å². The number of nitrogens with zero attached hydrogens (tertiary/aromatic N) is 4. The summed E-state index contributed by atoms with van der Waals surface area (Å²) in [5.74, 6) is 0.392. The third-order valence-corrected chi connectivity index (χ3v) is 5.21. The standard InChI is InChI=1S/C16H22N4O2/c21-15(18-6-1-2-7-18)12-4-5-13-14(17-11-20(13)10-12)16(22)19-8-3-9-19/h11-12H,1-10H2. The number of fused-ring (bicyclic) bond motifs is 1. The lowest BCUT2D eigenvalue weighted by Gasteiger charge is -2.31. The minimum Gasteiger partial charge on any atom is -0.342 e. The van der Waals surface area contributed by atoms with E-state index in [2.05, 4.69) is 4.98 Å². The van der Waals surface area contributed by atoms with Crippen molar-refractivity contribution in [2.24, 2.45) is 5.92 Å². The van der Waals surface area contributed by atoms with E-state index in [-0.39, 0.29) is 17.7 Å². The van der Waals surface area contributed by atoms with E-state index >= 15 is 0 Å². The van der Waals surface area contributed by atoms with Crippen LogP contribution in [-0.2, 0) is 17.8 Å². The molecular formula is C16H22N4O2. The first kappa shape index (κ1) is 13.8. The van der Waals surface area contributed by atoms with Crippen molar-refractivity contribution in [3.63, 3.8) is 0 Å². The van der Waals surface area contributed by atoms with Crippen molar-refractivity contribution < 1.29 is 9.59 Å². The lowest BCUT2D eigenvalue weighted by atomic mass is 9.95. The molecule has 0 aliphatic carbocycles. The van der Waals surface area contributed by atoms with Gasteiger partial charge in [0.15, 0.2) is 0 Å². The molecule has 1 aromatic heterocycles. The van der Waals surface area contributed by atoms with Gasteiger partial charge in [-0.3, -0.25) is 9.59 Å². The number of rotatable bonds is 2. The predicted octanol–water partition coefficient (Wildman–Crippen LogP) is 0.914. The molecule has 4 heterocycles. The Bertz CT molecular complexity index is 599. The maximum absolute atomic E-state index is 12.5. The first-order valence-electron chi connectivity index (χ1n) is 8.36. The Morgan fingerprint density at radius 1 is 1.05 bits per heavy atom. The highest BCUT2D eigenvalue weighted by atomic mass is 16.2. The number of carbonyl (C=O) groups is 2. The van der Waals surface area contributed by atoms with Gasteiger partial charge in [0.05, 0.1) is 17.9 Å². The van der Waals surface area contributed by atoms with E-state index in [1.165, 1.54) is 0 Å². The Balaban J connectivity index is 1.49. The Labute approximate surface area is 130 Å². The summed E-state index contributed by atoms with van der Waals surface area (Å²) in [6, 6.07) is 0. The topological polar surface area (TPSA) is 58.4 Å². The number of aromatic nitrogens is 2. The zero-order chi connectivity index (χ0) is 15.1. The molecule has 0 saturated carbocycles. The molecule has 6 heteroatoms. The van der Waals surface area contributed by atoms with Gasteiger partial charge in [-0.2, -0.15) is 0 Å². The molecule has 1 unspecified atom stereocenters. The number of hydrogen-bond acceptors (Lipinski definition) is 3. The van der Waals surface area contributed by atoms with Gasteiger partial charge in [-0.15, -0.1) is 0 Å². The van der Waals surface area contributed by atoms with Crippen molar-refractivity contribution in [2.45, 2.75) is 38.6 Å². The minimum atomic E-state index is 0.0479. The Kier molecular flexibility index (Phi) is 3.39. The van der Waals surface area contributed by atoms with Crippen molar-refractivity contribution in [1.29, 1.82) is 0 Å². The summed E-state index contributed by atoms with van der Waals surface area (Å²) >= 11 is 0. The molecule has 0 bridgehead atoms. The Morgan fingerprint density at radius 2 is 1.77 bits per heavy atom. The van der Waals surface area contributed by atoms with Crippen LogP contribution in [0.2, 0.25) is 0 Å². The number of hydrogen-bond donors (Lipinski definition) is 0. The molecule has 2 saturated heterocycles. The van der Waals surface area contributed by atoms with Crippen molar-refractivity contribution in [1.82, 2.24) is 19.4 Å². The molecule has 22 heavy (non-hydrogen) atoms. The van der Waals surface area contributed by atoms with E-state index in [0.717, 1.165) is 64.0 Å². The normalized spacial score (nSPS) is 24.1. The lowest BCUT2D eigenvalue weighted by Crippen LogP contribution is -2.43. The molecule has 3 aliphatic rings. The molecule has 4 rings (SSSR count). The first-order chi connectivity index (χ1) is 10.7. The number of likely N-dealkylation sites (tertiary alicyclic amines) is 2. The predicted molar refractivity (Wildman–Crippen MR) is 80.4 cm³/mol. The zero-order valence-electron chi connectivity index (χ0n) is 12.8. The second-order valence-electron chi connectivity index (χ2n) is 6.61. The highest BCUT2D eigenvalue weighted by Crippen LogP contribution is 2.26. The van der Waals surface area contributed by atoms with Gasteiger partial charge >= 0.3 is 0 Å². The van der Waals surface area contributed by atoms with Crippen LogP contribution in [0.1, 0.15) is 41.9 Å². The number of amides is 2. The second-order valence-corrected chi connectivity index (χ2v) is 6.61. The quantitative estimate of drug-likeness (QED) is 0.816. The fourth-order valence-corrected chi connectivity index (χ4v) is 3.71. The summed E-state index contributed by atoms with van der Waals surface area (Å²) in [5.41, 5.74) is 1.62. The maximum Gasteiger partial charge on any atom is 0.274 e. The first-order valence-corrected chi connectivity index (χ1v) is 8.36. The van der Waals surface area contributed by atoms with Crippen LogP contribution < -0.4 is 0 Å². The smallest absolute Gasteiger partial charge is 0.274 e. The monoisotopic (exact) mass is 302 g/mol. The molecule has 0 radical (unpaired) electrons. The highest BCUT2D eigenvalue weighted by Gasteiger charge is 2.33. The molecule has 2 amide bonds. The second kappa shape index (κ2) is 5.41. The molecule has 0 spiro atoms. The summed E-state index contributed by atoms with van der Waals surface area (Å²) in [4.78, 5) is 33.1. The molecule has 118 valence electrons. The number of imidazole rings is 1. The maximum atomic E-state index is 12.5. The van der Waals surface area contributed by atoms with Crippen LogP contribution in [0.25, 0.3) is 0 Å². The Hall–Kier alpha value is -1.85. The molecule has 1 aromatic rings. The van der Waals surface area contributed by atoms with Crippen LogP contribution in [0, 0.1) is 5.92 Å². The van der Waals surface area contributed by atoms with E-state index < -0.39 is 0 Å². The van der Waals surface area contributed by atoms with Gasteiger partial charge in [0, 0.05) is 32.7 Å².